The number of nitrogens with one attached hydrogen (secondary N) is 1. The van der Waals surface area contributed by atoms with Gasteiger partial charge in [-0.3, -0.25) is 9.59 Å². The third-order valence-corrected chi connectivity index (χ3v) is 18.3. The van der Waals surface area contributed by atoms with E-state index in [2.05, 4.69) is 31.3 Å². The number of ether oxygens (including phenoxy) is 1. The van der Waals surface area contributed by atoms with Crippen LogP contribution < -0.4 is 5.32 Å². The number of esters is 1. The van der Waals surface area contributed by atoms with Gasteiger partial charge in [-0.25, -0.2) is 0 Å². The fraction of sp³-hybridized carbons (Fsp3) is 0.948. The van der Waals surface area contributed by atoms with E-state index in [0.717, 1.165) is 38.5 Å². The molecule has 0 saturated heterocycles. The number of rotatable bonds is 73. The van der Waals surface area contributed by atoms with Gasteiger partial charge in [0.15, 0.2) is 0 Å². The average Bonchev–Trinajstić information content (AvgIpc) is 3.49. The minimum Gasteiger partial charge on any atom is -0.466 e. The van der Waals surface area contributed by atoms with Crippen molar-refractivity contribution >= 4 is 11.9 Å². The van der Waals surface area contributed by atoms with E-state index in [9.17, 15) is 19.8 Å². The minimum atomic E-state index is -0.660. The van der Waals surface area contributed by atoms with Crippen LogP contribution in [0, 0.1) is 0 Å². The molecule has 0 rings (SSSR count). The highest BCUT2D eigenvalue weighted by Gasteiger charge is 2.20. The van der Waals surface area contributed by atoms with E-state index < -0.39 is 12.1 Å². The molecule has 0 aromatic heterocycles. The Morgan fingerprint density at radius 2 is 0.566 bits per heavy atom. The Labute approximate surface area is 520 Å². The van der Waals surface area contributed by atoms with Gasteiger partial charge in [-0.1, -0.05) is 392 Å². The monoisotopic (exact) mass is 1170 g/mol. The molecule has 0 aliphatic carbocycles. The van der Waals surface area contributed by atoms with Crippen molar-refractivity contribution in [3.05, 3.63) is 12.2 Å². The van der Waals surface area contributed by atoms with Crippen molar-refractivity contribution in [3.8, 4) is 0 Å². The maximum atomic E-state index is 12.5. The number of carbonyl (C=O) groups excluding carboxylic acids is 2. The Bertz CT molecular complexity index is 1260. The zero-order valence-electron chi connectivity index (χ0n) is 56.7. The molecular formula is C77H151NO5. The number of aliphatic hydroxyl groups is 2. The summed E-state index contributed by atoms with van der Waals surface area (Å²) in [5.74, 6) is -0.00278. The minimum absolute atomic E-state index is 0.0241. The van der Waals surface area contributed by atoms with Gasteiger partial charge in [0, 0.05) is 12.8 Å². The molecule has 0 spiro atoms. The van der Waals surface area contributed by atoms with Gasteiger partial charge in [-0.05, 0) is 51.4 Å². The van der Waals surface area contributed by atoms with E-state index in [4.69, 9.17) is 4.74 Å². The van der Waals surface area contributed by atoms with Crippen LogP contribution in [0.5, 0.6) is 0 Å². The number of unbranched alkanes of at least 4 members (excludes halogenated alkanes) is 60. The van der Waals surface area contributed by atoms with E-state index in [1.54, 1.807) is 0 Å². The van der Waals surface area contributed by atoms with E-state index >= 15 is 0 Å². The first kappa shape index (κ1) is 81.6. The van der Waals surface area contributed by atoms with Gasteiger partial charge in [0.1, 0.15) is 0 Å². The Morgan fingerprint density at radius 1 is 0.325 bits per heavy atom. The van der Waals surface area contributed by atoms with Crippen LogP contribution in [-0.2, 0) is 14.3 Å². The summed E-state index contributed by atoms with van der Waals surface area (Å²) in [6.07, 6.45) is 91.6. The van der Waals surface area contributed by atoms with Crippen molar-refractivity contribution in [2.24, 2.45) is 0 Å². The van der Waals surface area contributed by atoms with Gasteiger partial charge in [0.2, 0.25) is 5.91 Å². The van der Waals surface area contributed by atoms with Crippen LogP contribution in [0.15, 0.2) is 12.2 Å². The molecule has 0 aliphatic heterocycles. The van der Waals surface area contributed by atoms with Crippen LogP contribution in [0.3, 0.4) is 0 Å². The number of amides is 1. The standard InChI is InChI=1S/C77H151NO5/c1-3-5-7-9-11-13-15-17-43-46-49-53-57-61-65-69-75(80)74(73-79)78-76(81)70-66-62-58-54-50-47-44-41-39-37-35-33-31-29-27-25-23-21-19-18-20-22-24-26-28-30-32-34-36-38-40-42-45-48-52-56-60-64-68-72-83-77(82)71-67-63-59-55-51-16-14-12-10-8-6-4-2/h18-19,74-75,79-80H,3-17,20-73H2,1-2H3,(H,78,81)/b19-18-. The Balaban J connectivity index is 3.31. The first-order valence-electron chi connectivity index (χ1n) is 38.4. The third kappa shape index (κ3) is 69.6. The molecule has 0 aromatic carbocycles. The molecule has 6 heteroatoms. The van der Waals surface area contributed by atoms with Crippen molar-refractivity contribution in [2.75, 3.05) is 13.2 Å². The molecule has 0 saturated carbocycles. The highest BCUT2D eigenvalue weighted by molar-refractivity contribution is 5.76. The van der Waals surface area contributed by atoms with E-state index in [1.165, 1.54) is 372 Å². The normalized spacial score (nSPS) is 12.5. The van der Waals surface area contributed by atoms with Crippen molar-refractivity contribution in [2.45, 2.75) is 456 Å². The molecule has 1 amide bonds. The van der Waals surface area contributed by atoms with E-state index in [1.807, 2.05) is 0 Å². The third-order valence-electron chi connectivity index (χ3n) is 18.3. The van der Waals surface area contributed by atoms with Gasteiger partial charge >= 0.3 is 5.97 Å². The summed E-state index contributed by atoms with van der Waals surface area (Å²) in [7, 11) is 0. The molecule has 2 atom stereocenters. The topological polar surface area (TPSA) is 95.9 Å². The fourth-order valence-corrected chi connectivity index (χ4v) is 12.5. The predicted molar refractivity (Wildman–Crippen MR) is 366 cm³/mol. The lowest BCUT2D eigenvalue weighted by molar-refractivity contribution is -0.143. The highest BCUT2D eigenvalue weighted by Crippen LogP contribution is 2.20. The molecule has 0 aromatic rings. The second-order valence-electron chi connectivity index (χ2n) is 26.7. The molecule has 2 unspecified atom stereocenters. The predicted octanol–water partition coefficient (Wildman–Crippen LogP) is 25.1. The summed E-state index contributed by atoms with van der Waals surface area (Å²) in [6, 6.07) is -0.537. The molecule has 0 bridgehead atoms. The molecule has 6 nitrogen and oxygen atoms in total. The van der Waals surface area contributed by atoms with Gasteiger partial charge in [0.05, 0.1) is 25.4 Å². The Kier molecular flexibility index (Phi) is 71.8. The van der Waals surface area contributed by atoms with Crippen molar-refractivity contribution in [1.82, 2.24) is 5.32 Å². The number of hydrogen-bond donors (Lipinski definition) is 3. The maximum absolute atomic E-state index is 12.5. The second-order valence-corrected chi connectivity index (χ2v) is 26.7. The van der Waals surface area contributed by atoms with Crippen LogP contribution >= 0.6 is 0 Å². The van der Waals surface area contributed by atoms with Crippen LogP contribution in [0.4, 0.5) is 0 Å². The summed E-state index contributed by atoms with van der Waals surface area (Å²) in [5.41, 5.74) is 0. The summed E-state index contributed by atoms with van der Waals surface area (Å²) in [6.45, 7) is 5.00. The SMILES string of the molecule is CCCCCCCCCCCCCCCCCC(O)C(CO)NC(=O)CCCCCCCCCCCCCCCCCCC/C=C\CCCCCCCCCCCCCCCCCCCCOC(=O)CCCCCCCCCCCCCC. The number of allylic oxidation sites excluding steroid dienone is 2. The molecule has 0 heterocycles. The lowest BCUT2D eigenvalue weighted by Gasteiger charge is -2.22. The zero-order chi connectivity index (χ0) is 59.9. The summed E-state index contributed by atoms with van der Waals surface area (Å²) in [5, 5.41) is 23.4. The first-order valence-corrected chi connectivity index (χ1v) is 38.4. The summed E-state index contributed by atoms with van der Waals surface area (Å²) < 4.78 is 5.49. The van der Waals surface area contributed by atoms with Crippen LogP contribution in [0.2, 0.25) is 0 Å². The van der Waals surface area contributed by atoms with Gasteiger partial charge in [0.25, 0.3) is 0 Å². The number of hydrogen-bond acceptors (Lipinski definition) is 5. The molecule has 0 aliphatic rings. The molecular weight excluding hydrogens is 1020 g/mol. The lowest BCUT2D eigenvalue weighted by atomic mass is 10.0. The van der Waals surface area contributed by atoms with Crippen LogP contribution in [0.25, 0.3) is 0 Å². The van der Waals surface area contributed by atoms with Crippen LogP contribution in [0.1, 0.15) is 444 Å². The quantitative estimate of drug-likeness (QED) is 0.0320. The molecule has 83 heavy (non-hydrogen) atoms. The number of carbonyl (C=O) groups is 2. The largest absolute Gasteiger partial charge is 0.466 e. The molecule has 3 N–H and O–H groups in total. The maximum Gasteiger partial charge on any atom is 0.305 e. The van der Waals surface area contributed by atoms with Gasteiger partial charge < -0.3 is 20.3 Å². The smallest absolute Gasteiger partial charge is 0.305 e. The van der Waals surface area contributed by atoms with Gasteiger partial charge in [-0.15, -0.1) is 0 Å². The van der Waals surface area contributed by atoms with Gasteiger partial charge in [-0.2, -0.15) is 0 Å². The lowest BCUT2D eigenvalue weighted by Crippen LogP contribution is -2.45. The Hall–Kier alpha value is -1.40. The fourth-order valence-electron chi connectivity index (χ4n) is 12.5. The highest BCUT2D eigenvalue weighted by atomic mass is 16.5. The van der Waals surface area contributed by atoms with Crippen LogP contribution in [-0.4, -0.2) is 47.4 Å². The summed E-state index contributed by atoms with van der Waals surface area (Å²) in [4.78, 5) is 24.6. The van der Waals surface area contributed by atoms with E-state index in [0.29, 0.717) is 25.9 Å². The molecule has 0 radical (unpaired) electrons. The van der Waals surface area contributed by atoms with Crippen molar-refractivity contribution < 1.29 is 24.5 Å². The molecule has 0 fully saturated rings. The zero-order valence-corrected chi connectivity index (χ0v) is 56.7. The second kappa shape index (κ2) is 73.1. The first-order chi connectivity index (χ1) is 41.0. The summed E-state index contributed by atoms with van der Waals surface area (Å²) >= 11 is 0. The average molecular weight is 1170 g/mol. The van der Waals surface area contributed by atoms with E-state index in [-0.39, 0.29) is 18.5 Å². The van der Waals surface area contributed by atoms with Crippen molar-refractivity contribution in [3.63, 3.8) is 0 Å². The van der Waals surface area contributed by atoms with Crippen molar-refractivity contribution in [1.29, 1.82) is 0 Å². The number of aliphatic hydroxyl groups excluding tert-OH is 2. The molecule has 494 valence electrons. The Morgan fingerprint density at radius 3 is 0.855 bits per heavy atom.